The van der Waals surface area contributed by atoms with Gasteiger partial charge in [0.15, 0.2) is 0 Å². The van der Waals surface area contributed by atoms with Gasteiger partial charge in [0, 0.05) is 11.8 Å². The molecule has 7 nitrogen and oxygen atoms in total. The maximum Gasteiger partial charge on any atom is 0.338 e. The van der Waals surface area contributed by atoms with E-state index in [1.165, 1.54) is 24.4 Å². The van der Waals surface area contributed by atoms with E-state index < -0.39 is 17.9 Å². The third-order valence-electron chi connectivity index (χ3n) is 2.83. The van der Waals surface area contributed by atoms with Crippen molar-refractivity contribution in [1.82, 2.24) is 4.98 Å². The van der Waals surface area contributed by atoms with Gasteiger partial charge in [-0.2, -0.15) is 0 Å². The van der Waals surface area contributed by atoms with Crippen LogP contribution < -0.4 is 0 Å². The highest BCUT2D eigenvalue weighted by atomic mass is 35.5. The first-order valence-electron chi connectivity index (χ1n) is 5.80. The lowest BCUT2D eigenvalue weighted by Gasteiger charge is -2.07. The summed E-state index contributed by atoms with van der Waals surface area (Å²) in [5.74, 6) is -3.90. The smallest absolute Gasteiger partial charge is 0.338 e. The minimum absolute atomic E-state index is 0.212. The van der Waals surface area contributed by atoms with Gasteiger partial charge in [0.2, 0.25) is 0 Å². The van der Waals surface area contributed by atoms with E-state index in [9.17, 15) is 14.4 Å². The van der Waals surface area contributed by atoms with Crippen molar-refractivity contribution in [2.24, 2.45) is 0 Å². The third-order valence-corrected chi connectivity index (χ3v) is 3.13. The Bertz CT molecular complexity index is 770. The normalized spacial score (nSPS) is 10.2. The molecule has 2 aromatic rings. The highest BCUT2D eigenvalue weighted by Crippen LogP contribution is 2.25. The minimum Gasteiger partial charge on any atom is -0.478 e. The molecule has 1 heterocycles. The maximum absolute atomic E-state index is 11.1. The summed E-state index contributed by atoms with van der Waals surface area (Å²) in [6.45, 7) is 0. The summed E-state index contributed by atoms with van der Waals surface area (Å²) in [4.78, 5) is 36.9. The fourth-order valence-electron chi connectivity index (χ4n) is 1.80. The highest BCUT2D eigenvalue weighted by molar-refractivity contribution is 6.32. The molecule has 0 bridgehead atoms. The van der Waals surface area contributed by atoms with Crippen LogP contribution in [-0.2, 0) is 0 Å². The SMILES string of the molecule is O=C(O)c1cc(C(=O)O)cc(-c2cnc(Cl)c(C(=O)O)c2)c1. The molecule has 1 aromatic heterocycles. The van der Waals surface area contributed by atoms with Crippen LogP contribution in [0.1, 0.15) is 31.1 Å². The van der Waals surface area contributed by atoms with Crippen LogP contribution in [0.4, 0.5) is 0 Å². The molecule has 0 spiro atoms. The molecule has 0 unspecified atom stereocenters. The van der Waals surface area contributed by atoms with Crippen LogP contribution >= 0.6 is 11.6 Å². The predicted molar refractivity (Wildman–Crippen MR) is 75.6 cm³/mol. The molecule has 0 fully saturated rings. The second kappa shape index (κ2) is 5.82. The quantitative estimate of drug-likeness (QED) is 0.739. The van der Waals surface area contributed by atoms with Gasteiger partial charge in [-0.05, 0) is 29.8 Å². The van der Waals surface area contributed by atoms with Crippen molar-refractivity contribution in [3.8, 4) is 11.1 Å². The summed E-state index contributed by atoms with van der Waals surface area (Å²) in [5.41, 5.74) is -0.281. The first-order valence-corrected chi connectivity index (χ1v) is 6.18. The number of carbonyl (C=O) groups is 3. The molecule has 0 saturated heterocycles. The van der Waals surface area contributed by atoms with E-state index in [2.05, 4.69) is 4.98 Å². The van der Waals surface area contributed by atoms with Crippen molar-refractivity contribution in [1.29, 1.82) is 0 Å². The van der Waals surface area contributed by atoms with Crippen LogP contribution in [0.3, 0.4) is 0 Å². The highest BCUT2D eigenvalue weighted by Gasteiger charge is 2.15. The molecule has 1 aromatic carbocycles. The summed E-state index contributed by atoms with van der Waals surface area (Å²) in [6.07, 6.45) is 1.24. The lowest BCUT2D eigenvalue weighted by atomic mass is 10.00. The van der Waals surface area contributed by atoms with E-state index in [1.54, 1.807) is 0 Å². The summed E-state index contributed by atoms with van der Waals surface area (Å²) in [6, 6.07) is 4.66. The second-order valence-electron chi connectivity index (χ2n) is 4.28. The zero-order chi connectivity index (χ0) is 16.4. The summed E-state index contributed by atoms with van der Waals surface area (Å²) in [7, 11) is 0. The topological polar surface area (TPSA) is 125 Å². The lowest BCUT2D eigenvalue weighted by Crippen LogP contribution is -2.04. The van der Waals surface area contributed by atoms with Crippen molar-refractivity contribution in [3.05, 3.63) is 52.3 Å². The van der Waals surface area contributed by atoms with E-state index in [0.29, 0.717) is 0 Å². The second-order valence-corrected chi connectivity index (χ2v) is 4.63. The zero-order valence-electron chi connectivity index (χ0n) is 10.8. The number of hydrogen-bond acceptors (Lipinski definition) is 4. The van der Waals surface area contributed by atoms with E-state index >= 15 is 0 Å². The molecule has 3 N–H and O–H groups in total. The molecule has 2 rings (SSSR count). The largest absolute Gasteiger partial charge is 0.478 e. The standard InChI is InChI=1S/C14H8ClNO6/c15-11-10(14(21)22)4-9(5-16-11)6-1-7(12(17)18)3-8(2-6)13(19)20/h1-5H,(H,17,18)(H,19,20)(H,21,22). The molecular weight excluding hydrogens is 314 g/mol. The van der Waals surface area contributed by atoms with Crippen LogP contribution in [0.5, 0.6) is 0 Å². The van der Waals surface area contributed by atoms with Crippen molar-refractivity contribution in [2.45, 2.75) is 0 Å². The monoisotopic (exact) mass is 321 g/mol. The number of halogens is 1. The Hall–Kier alpha value is -2.93. The van der Waals surface area contributed by atoms with Crippen molar-refractivity contribution >= 4 is 29.5 Å². The van der Waals surface area contributed by atoms with Gasteiger partial charge >= 0.3 is 17.9 Å². The number of aromatic nitrogens is 1. The van der Waals surface area contributed by atoms with Gasteiger partial charge in [-0.15, -0.1) is 0 Å². The Morgan fingerprint density at radius 2 is 1.36 bits per heavy atom. The van der Waals surface area contributed by atoms with Gasteiger partial charge in [-0.25, -0.2) is 19.4 Å². The number of rotatable bonds is 4. The Labute approximate surface area is 128 Å². The average Bonchev–Trinajstić information content (AvgIpc) is 2.46. The van der Waals surface area contributed by atoms with E-state index in [-0.39, 0.29) is 33.0 Å². The maximum atomic E-state index is 11.1. The van der Waals surface area contributed by atoms with Gasteiger partial charge in [-0.1, -0.05) is 11.6 Å². The molecule has 0 atom stereocenters. The van der Waals surface area contributed by atoms with Gasteiger partial charge < -0.3 is 15.3 Å². The fourth-order valence-corrected chi connectivity index (χ4v) is 1.98. The zero-order valence-corrected chi connectivity index (χ0v) is 11.5. The molecule has 0 amide bonds. The van der Waals surface area contributed by atoms with E-state index in [4.69, 9.17) is 26.9 Å². The summed E-state index contributed by atoms with van der Waals surface area (Å²) < 4.78 is 0. The molecule has 0 aliphatic heterocycles. The summed E-state index contributed by atoms with van der Waals surface area (Å²) in [5, 5.41) is 26.8. The van der Waals surface area contributed by atoms with Crippen LogP contribution in [-0.4, -0.2) is 38.2 Å². The first-order chi connectivity index (χ1) is 10.3. The van der Waals surface area contributed by atoms with Crippen LogP contribution in [0.15, 0.2) is 30.5 Å². The van der Waals surface area contributed by atoms with Gasteiger partial charge in [0.1, 0.15) is 5.15 Å². The number of hydrogen-bond donors (Lipinski definition) is 3. The molecule has 0 radical (unpaired) electrons. The van der Waals surface area contributed by atoms with Crippen LogP contribution in [0.25, 0.3) is 11.1 Å². The fraction of sp³-hybridized carbons (Fsp3) is 0. The first kappa shape index (κ1) is 15.5. The predicted octanol–water partition coefficient (Wildman–Crippen LogP) is 2.50. The molecule has 0 aliphatic rings. The molecule has 112 valence electrons. The Morgan fingerprint density at radius 3 is 1.82 bits per heavy atom. The summed E-state index contributed by atoms with van der Waals surface area (Å²) >= 11 is 5.66. The Balaban J connectivity index is 2.66. The number of carboxylic acid groups (broad SMARTS) is 3. The molecule has 0 saturated carbocycles. The Kier molecular flexibility index (Phi) is 4.09. The number of nitrogens with zero attached hydrogens (tertiary/aromatic N) is 1. The van der Waals surface area contributed by atoms with E-state index in [0.717, 1.165) is 6.07 Å². The number of pyridine rings is 1. The van der Waals surface area contributed by atoms with Crippen LogP contribution in [0.2, 0.25) is 5.15 Å². The average molecular weight is 322 g/mol. The molecule has 8 heteroatoms. The van der Waals surface area contributed by atoms with Crippen molar-refractivity contribution in [3.63, 3.8) is 0 Å². The molecular formula is C14H8ClNO6. The van der Waals surface area contributed by atoms with Crippen molar-refractivity contribution in [2.75, 3.05) is 0 Å². The third kappa shape index (κ3) is 3.04. The number of carboxylic acids is 3. The number of aromatic carboxylic acids is 3. The van der Waals surface area contributed by atoms with Crippen LogP contribution in [0, 0.1) is 0 Å². The number of benzene rings is 1. The molecule has 22 heavy (non-hydrogen) atoms. The van der Waals surface area contributed by atoms with Gasteiger partial charge in [0.05, 0.1) is 16.7 Å². The van der Waals surface area contributed by atoms with Gasteiger partial charge in [-0.3, -0.25) is 0 Å². The minimum atomic E-state index is -1.30. The van der Waals surface area contributed by atoms with Crippen molar-refractivity contribution < 1.29 is 29.7 Å². The van der Waals surface area contributed by atoms with Gasteiger partial charge in [0.25, 0.3) is 0 Å². The Morgan fingerprint density at radius 1 is 0.818 bits per heavy atom. The van der Waals surface area contributed by atoms with E-state index in [1.807, 2.05) is 0 Å². The lowest BCUT2D eigenvalue weighted by molar-refractivity contribution is 0.0681. The molecule has 0 aliphatic carbocycles.